The molecule has 0 radical (unpaired) electrons. The zero-order chi connectivity index (χ0) is 15.5. The van der Waals surface area contributed by atoms with Gasteiger partial charge in [-0.3, -0.25) is 4.79 Å². The number of benzene rings is 1. The van der Waals surface area contributed by atoms with E-state index in [9.17, 15) is 4.79 Å². The van der Waals surface area contributed by atoms with Crippen molar-refractivity contribution in [1.82, 2.24) is 9.88 Å². The third-order valence-corrected chi connectivity index (χ3v) is 5.17. The van der Waals surface area contributed by atoms with Gasteiger partial charge in [0.25, 0.3) is 5.91 Å². The van der Waals surface area contributed by atoms with Gasteiger partial charge in [0.1, 0.15) is 9.88 Å². The Balaban J connectivity index is 1.82. The molecule has 3 rings (SSSR count). The van der Waals surface area contributed by atoms with Crippen molar-refractivity contribution in [2.75, 3.05) is 20.3 Å². The number of carbonyl (C=O) groups excluding carboxylic acids is 1. The van der Waals surface area contributed by atoms with E-state index in [0.29, 0.717) is 16.5 Å². The first-order chi connectivity index (χ1) is 10.7. The molecule has 1 aliphatic rings. The van der Waals surface area contributed by atoms with E-state index in [0.717, 1.165) is 30.0 Å². The molecule has 22 heavy (non-hydrogen) atoms. The number of nitrogens with zero attached hydrogens (tertiary/aromatic N) is 2. The summed E-state index contributed by atoms with van der Waals surface area (Å²) in [4.78, 5) is 19.6. The molecule has 2 aromatic rings. The van der Waals surface area contributed by atoms with Crippen LogP contribution in [0.25, 0.3) is 10.6 Å². The molecule has 1 fully saturated rings. The number of amides is 1. The number of hydrogen-bond acceptors (Lipinski definition) is 4. The smallest absolute Gasteiger partial charge is 0.265 e. The molecule has 1 unspecified atom stereocenters. The van der Waals surface area contributed by atoms with Gasteiger partial charge in [-0.25, -0.2) is 4.98 Å². The van der Waals surface area contributed by atoms with Crippen LogP contribution >= 0.6 is 22.9 Å². The summed E-state index contributed by atoms with van der Waals surface area (Å²) in [7, 11) is 1.67. The Morgan fingerprint density at radius 2 is 2.32 bits per heavy atom. The van der Waals surface area contributed by atoms with Gasteiger partial charge in [-0.15, -0.1) is 11.3 Å². The largest absolute Gasteiger partial charge is 0.383 e. The fourth-order valence-corrected chi connectivity index (χ4v) is 3.94. The van der Waals surface area contributed by atoms with Crippen molar-refractivity contribution in [2.24, 2.45) is 0 Å². The Bertz CT molecular complexity index is 674. The maximum atomic E-state index is 12.7. The normalized spacial score (nSPS) is 17.9. The van der Waals surface area contributed by atoms with Gasteiger partial charge in [0.15, 0.2) is 0 Å². The molecule has 1 aromatic carbocycles. The molecule has 1 amide bonds. The number of likely N-dealkylation sites (tertiary alicyclic amines) is 1. The lowest BCUT2D eigenvalue weighted by molar-refractivity contribution is 0.0635. The van der Waals surface area contributed by atoms with Gasteiger partial charge in [0.05, 0.1) is 23.9 Å². The Morgan fingerprint density at radius 3 is 3.09 bits per heavy atom. The molecule has 1 aliphatic heterocycles. The second kappa shape index (κ2) is 6.77. The van der Waals surface area contributed by atoms with Crippen LogP contribution in [0.15, 0.2) is 30.5 Å². The minimum Gasteiger partial charge on any atom is -0.383 e. The van der Waals surface area contributed by atoms with E-state index in [4.69, 9.17) is 16.3 Å². The lowest BCUT2D eigenvalue weighted by atomic mass is 10.2. The maximum Gasteiger partial charge on any atom is 0.265 e. The van der Waals surface area contributed by atoms with Gasteiger partial charge in [-0.2, -0.15) is 0 Å². The lowest BCUT2D eigenvalue weighted by Crippen LogP contribution is -2.37. The maximum absolute atomic E-state index is 12.7. The van der Waals surface area contributed by atoms with Gasteiger partial charge < -0.3 is 9.64 Å². The van der Waals surface area contributed by atoms with Gasteiger partial charge in [0, 0.05) is 19.2 Å². The van der Waals surface area contributed by atoms with E-state index >= 15 is 0 Å². The van der Waals surface area contributed by atoms with E-state index in [1.54, 1.807) is 13.3 Å². The summed E-state index contributed by atoms with van der Waals surface area (Å²) < 4.78 is 5.21. The van der Waals surface area contributed by atoms with Crippen LogP contribution in [0, 0.1) is 0 Å². The van der Waals surface area contributed by atoms with Crippen LogP contribution in [0.2, 0.25) is 5.02 Å². The first-order valence-corrected chi connectivity index (χ1v) is 8.41. The highest BCUT2D eigenvalue weighted by atomic mass is 35.5. The number of aromatic nitrogens is 1. The van der Waals surface area contributed by atoms with E-state index in [1.807, 2.05) is 29.2 Å². The molecular formula is C16H17ClN2O2S. The van der Waals surface area contributed by atoms with Gasteiger partial charge in [-0.05, 0) is 18.9 Å². The zero-order valence-corrected chi connectivity index (χ0v) is 13.9. The van der Waals surface area contributed by atoms with Crippen LogP contribution in [0.5, 0.6) is 0 Å². The van der Waals surface area contributed by atoms with Crippen molar-refractivity contribution in [1.29, 1.82) is 0 Å². The first-order valence-electron chi connectivity index (χ1n) is 7.21. The SMILES string of the molecule is COCC1CCCN1C(=O)c1cnc(-c2ccccc2Cl)s1. The standard InChI is InChI=1S/C16H17ClN2O2S/c1-21-10-11-5-4-8-19(11)16(20)14-9-18-15(22-14)12-6-2-3-7-13(12)17/h2-3,6-7,9,11H,4-5,8,10H2,1H3. The molecule has 0 saturated carbocycles. The molecule has 2 heterocycles. The van der Waals surface area contributed by atoms with Crippen molar-refractivity contribution >= 4 is 28.8 Å². The number of halogens is 1. The van der Waals surface area contributed by atoms with Crippen LogP contribution in [0.1, 0.15) is 22.5 Å². The average molecular weight is 337 g/mol. The summed E-state index contributed by atoms with van der Waals surface area (Å²) in [6.07, 6.45) is 3.67. The fourth-order valence-electron chi connectivity index (χ4n) is 2.74. The molecule has 0 aliphatic carbocycles. The zero-order valence-electron chi connectivity index (χ0n) is 12.3. The average Bonchev–Trinajstić information content (AvgIpc) is 3.17. The van der Waals surface area contributed by atoms with Crippen LogP contribution in [-0.2, 0) is 4.74 Å². The number of hydrogen-bond donors (Lipinski definition) is 0. The van der Waals surface area contributed by atoms with E-state index < -0.39 is 0 Å². The monoisotopic (exact) mass is 336 g/mol. The summed E-state index contributed by atoms with van der Waals surface area (Å²) >= 11 is 7.58. The predicted octanol–water partition coefficient (Wildman–Crippen LogP) is 3.71. The molecule has 0 N–H and O–H groups in total. The quantitative estimate of drug-likeness (QED) is 0.854. The number of methoxy groups -OCH3 is 1. The highest BCUT2D eigenvalue weighted by Crippen LogP contribution is 2.32. The van der Waals surface area contributed by atoms with E-state index in [1.165, 1.54) is 11.3 Å². The van der Waals surface area contributed by atoms with Crippen molar-refractivity contribution in [3.8, 4) is 10.6 Å². The van der Waals surface area contributed by atoms with Crippen molar-refractivity contribution < 1.29 is 9.53 Å². The highest BCUT2D eigenvalue weighted by molar-refractivity contribution is 7.17. The summed E-state index contributed by atoms with van der Waals surface area (Å²) in [5.41, 5.74) is 0.864. The summed E-state index contributed by atoms with van der Waals surface area (Å²) in [5, 5.41) is 1.42. The third-order valence-electron chi connectivity index (χ3n) is 3.82. The number of rotatable bonds is 4. The predicted molar refractivity (Wildman–Crippen MR) is 88.5 cm³/mol. The highest BCUT2D eigenvalue weighted by Gasteiger charge is 2.30. The Hall–Kier alpha value is -1.43. The van der Waals surface area contributed by atoms with Crippen molar-refractivity contribution in [3.05, 3.63) is 40.4 Å². The fraction of sp³-hybridized carbons (Fsp3) is 0.375. The molecule has 116 valence electrons. The molecular weight excluding hydrogens is 320 g/mol. The van der Waals surface area contributed by atoms with Gasteiger partial charge in [-0.1, -0.05) is 29.8 Å². The van der Waals surface area contributed by atoms with Crippen LogP contribution in [-0.4, -0.2) is 42.1 Å². The minimum atomic E-state index is 0.0374. The minimum absolute atomic E-state index is 0.0374. The molecule has 1 saturated heterocycles. The Labute approximate surface area is 138 Å². The van der Waals surface area contributed by atoms with Gasteiger partial charge >= 0.3 is 0 Å². The van der Waals surface area contributed by atoms with Crippen LogP contribution in [0.3, 0.4) is 0 Å². The second-order valence-electron chi connectivity index (χ2n) is 5.26. The Kier molecular flexibility index (Phi) is 4.76. The molecule has 0 bridgehead atoms. The van der Waals surface area contributed by atoms with Crippen LogP contribution in [0.4, 0.5) is 0 Å². The number of ether oxygens (including phenoxy) is 1. The van der Waals surface area contributed by atoms with Crippen molar-refractivity contribution in [3.63, 3.8) is 0 Å². The number of carbonyl (C=O) groups is 1. The van der Waals surface area contributed by atoms with Crippen molar-refractivity contribution in [2.45, 2.75) is 18.9 Å². The lowest BCUT2D eigenvalue weighted by Gasteiger charge is -2.23. The molecule has 1 atom stereocenters. The molecule has 4 nitrogen and oxygen atoms in total. The summed E-state index contributed by atoms with van der Waals surface area (Å²) in [6, 6.07) is 7.71. The Morgan fingerprint density at radius 1 is 1.50 bits per heavy atom. The molecule has 1 aromatic heterocycles. The number of thiazole rings is 1. The van der Waals surface area contributed by atoms with Crippen LogP contribution < -0.4 is 0 Å². The van der Waals surface area contributed by atoms with Gasteiger partial charge in [0.2, 0.25) is 0 Å². The second-order valence-corrected chi connectivity index (χ2v) is 6.70. The molecule has 6 heteroatoms. The summed E-state index contributed by atoms with van der Waals surface area (Å²) in [5.74, 6) is 0.0374. The van der Waals surface area contributed by atoms with E-state index in [-0.39, 0.29) is 11.9 Å². The first kappa shape index (κ1) is 15.5. The van der Waals surface area contributed by atoms with E-state index in [2.05, 4.69) is 4.98 Å². The summed E-state index contributed by atoms with van der Waals surface area (Å²) in [6.45, 7) is 1.37. The third kappa shape index (κ3) is 3.02. The topological polar surface area (TPSA) is 42.4 Å². The molecule has 0 spiro atoms.